The molecule has 0 aliphatic carbocycles. The number of aromatic hydroxyl groups is 3. The van der Waals surface area contributed by atoms with Gasteiger partial charge in [0.05, 0.1) is 11.5 Å². The lowest BCUT2D eigenvalue weighted by molar-refractivity contribution is 0.0894. The average Bonchev–Trinajstić information content (AvgIpc) is 2.68. The zero-order valence-electron chi connectivity index (χ0n) is 17.6. The molecule has 0 radical (unpaired) electrons. The number of Topliss-reactive ketones (excluding diaryl/α,β-unsaturated/α-hetero) is 1. The van der Waals surface area contributed by atoms with Gasteiger partial charge >= 0.3 is 0 Å². The summed E-state index contributed by atoms with van der Waals surface area (Å²) in [5.74, 6) is -0.629. The van der Waals surface area contributed by atoms with Crippen LogP contribution in [0.2, 0.25) is 0 Å². The minimum absolute atomic E-state index is 0.000835. The topological polar surface area (TPSA) is 87.0 Å². The number of carbonyl (C=O) groups is 1. The van der Waals surface area contributed by atoms with Gasteiger partial charge in [0.15, 0.2) is 5.78 Å². The summed E-state index contributed by atoms with van der Waals surface area (Å²) < 4.78 is 5.66. The minimum atomic E-state index is -0.677. The summed E-state index contributed by atoms with van der Waals surface area (Å²) in [6, 6.07) is 7.34. The van der Waals surface area contributed by atoms with Gasteiger partial charge in [-0.15, -0.1) is 0 Å². The summed E-state index contributed by atoms with van der Waals surface area (Å²) in [7, 11) is 0. The quantitative estimate of drug-likeness (QED) is 0.557. The van der Waals surface area contributed by atoms with Crippen molar-refractivity contribution >= 4 is 5.78 Å². The lowest BCUT2D eigenvalue weighted by Gasteiger charge is -2.25. The van der Waals surface area contributed by atoms with Gasteiger partial charge in [-0.05, 0) is 63.8 Å². The SMILES string of the molecule is CC(C)=CCC/C(C)=C/Cc1cc([C@@H]2COc3cc(O)ccc3C2=O)c(O)cc1O. The first kappa shape index (κ1) is 21.5. The largest absolute Gasteiger partial charge is 0.508 e. The molecule has 3 rings (SSSR count). The Hall–Kier alpha value is -3.21. The summed E-state index contributed by atoms with van der Waals surface area (Å²) in [4.78, 5) is 13.0. The molecule has 0 amide bonds. The van der Waals surface area contributed by atoms with Crippen molar-refractivity contribution in [1.29, 1.82) is 0 Å². The lowest BCUT2D eigenvalue weighted by Crippen LogP contribution is -2.26. The zero-order valence-corrected chi connectivity index (χ0v) is 17.6. The van der Waals surface area contributed by atoms with Gasteiger partial charge in [-0.25, -0.2) is 0 Å². The van der Waals surface area contributed by atoms with E-state index in [9.17, 15) is 20.1 Å². The van der Waals surface area contributed by atoms with Gasteiger partial charge in [0.2, 0.25) is 0 Å². The summed E-state index contributed by atoms with van der Waals surface area (Å²) in [5.41, 5.74) is 3.95. The fraction of sp³-hybridized carbons (Fsp3) is 0.320. The van der Waals surface area contributed by atoms with Crippen LogP contribution in [0.3, 0.4) is 0 Å². The predicted octanol–water partition coefficient (Wildman–Crippen LogP) is 5.40. The summed E-state index contributed by atoms with van der Waals surface area (Å²) in [5, 5.41) is 30.3. The van der Waals surface area contributed by atoms with Crippen molar-refractivity contribution in [1.82, 2.24) is 0 Å². The molecule has 1 aliphatic rings. The van der Waals surface area contributed by atoms with Crippen molar-refractivity contribution < 1.29 is 24.9 Å². The Kier molecular flexibility index (Phi) is 6.50. The molecule has 158 valence electrons. The van der Waals surface area contributed by atoms with Gasteiger partial charge in [0, 0.05) is 17.7 Å². The molecule has 5 nitrogen and oxygen atoms in total. The van der Waals surface area contributed by atoms with Crippen LogP contribution in [-0.4, -0.2) is 27.7 Å². The Morgan fingerprint density at radius 2 is 1.83 bits per heavy atom. The van der Waals surface area contributed by atoms with Crippen LogP contribution in [0.25, 0.3) is 0 Å². The molecule has 0 bridgehead atoms. The van der Waals surface area contributed by atoms with E-state index in [-0.39, 0.29) is 29.6 Å². The molecular formula is C25H28O5. The van der Waals surface area contributed by atoms with E-state index in [0.717, 1.165) is 12.8 Å². The molecule has 5 heteroatoms. The van der Waals surface area contributed by atoms with E-state index in [4.69, 9.17) is 4.74 Å². The highest BCUT2D eigenvalue weighted by Gasteiger charge is 2.32. The maximum absolute atomic E-state index is 13.0. The van der Waals surface area contributed by atoms with E-state index < -0.39 is 5.92 Å². The third kappa shape index (κ3) is 4.85. The third-order valence-corrected chi connectivity index (χ3v) is 5.32. The fourth-order valence-corrected chi connectivity index (χ4v) is 3.56. The number of hydrogen-bond donors (Lipinski definition) is 3. The van der Waals surface area contributed by atoms with Gasteiger partial charge in [0.1, 0.15) is 29.6 Å². The Balaban J connectivity index is 1.82. The Morgan fingerprint density at radius 3 is 2.57 bits per heavy atom. The van der Waals surface area contributed by atoms with Crippen LogP contribution in [0.4, 0.5) is 0 Å². The molecule has 2 aromatic rings. The first-order chi connectivity index (χ1) is 14.3. The summed E-state index contributed by atoms with van der Waals surface area (Å²) in [6.45, 7) is 6.27. The average molecular weight is 408 g/mol. The molecular weight excluding hydrogens is 380 g/mol. The molecule has 0 spiro atoms. The van der Waals surface area contributed by atoms with Gasteiger partial charge < -0.3 is 20.1 Å². The maximum Gasteiger partial charge on any atom is 0.177 e. The molecule has 3 N–H and O–H groups in total. The first-order valence-electron chi connectivity index (χ1n) is 10.1. The van der Waals surface area contributed by atoms with E-state index in [1.165, 1.54) is 35.4 Å². The van der Waals surface area contributed by atoms with Crippen molar-refractivity contribution in [3.05, 3.63) is 70.3 Å². The highest BCUT2D eigenvalue weighted by molar-refractivity contribution is 6.04. The third-order valence-electron chi connectivity index (χ3n) is 5.32. The number of phenols is 3. The van der Waals surface area contributed by atoms with Crippen molar-refractivity contribution in [2.45, 2.75) is 46.0 Å². The Bertz CT molecular complexity index is 1010. The van der Waals surface area contributed by atoms with E-state index in [1.54, 1.807) is 6.07 Å². The monoisotopic (exact) mass is 408 g/mol. The molecule has 0 saturated heterocycles. The number of phenolic OH excluding ortho intramolecular Hbond substituents is 3. The van der Waals surface area contributed by atoms with Crippen molar-refractivity contribution in [2.75, 3.05) is 6.61 Å². The molecule has 1 atom stereocenters. The standard InChI is InChI=1S/C25H28O5/c1-15(2)5-4-6-16(3)7-8-17-11-20(23(28)13-22(17)27)21-14-30-24-12-18(26)9-10-19(24)25(21)29/h5,7,9-13,21,26-28H,4,6,8,14H2,1-3H3/b16-7+/t21-/m0/s1. The first-order valence-corrected chi connectivity index (χ1v) is 10.1. The predicted molar refractivity (Wildman–Crippen MR) is 117 cm³/mol. The van der Waals surface area contributed by atoms with Gasteiger partial charge in [-0.1, -0.05) is 23.3 Å². The van der Waals surface area contributed by atoms with Crippen LogP contribution in [0.1, 0.15) is 61.0 Å². The normalized spacial score (nSPS) is 16.0. The van der Waals surface area contributed by atoms with Crippen molar-refractivity contribution in [3.63, 3.8) is 0 Å². The van der Waals surface area contributed by atoms with Crippen molar-refractivity contribution in [3.8, 4) is 23.0 Å². The molecule has 0 saturated carbocycles. The molecule has 2 aromatic carbocycles. The van der Waals surface area contributed by atoms with Crippen LogP contribution in [0.5, 0.6) is 23.0 Å². The lowest BCUT2D eigenvalue weighted by atomic mass is 9.87. The van der Waals surface area contributed by atoms with Crippen molar-refractivity contribution in [2.24, 2.45) is 0 Å². The van der Waals surface area contributed by atoms with Gasteiger partial charge in [-0.3, -0.25) is 4.79 Å². The van der Waals surface area contributed by atoms with E-state index >= 15 is 0 Å². The second kappa shape index (κ2) is 9.08. The Labute approximate surface area is 177 Å². The van der Waals surface area contributed by atoms with Gasteiger partial charge in [-0.2, -0.15) is 0 Å². The highest BCUT2D eigenvalue weighted by atomic mass is 16.5. The van der Waals surface area contributed by atoms with Crippen LogP contribution < -0.4 is 4.74 Å². The number of allylic oxidation sites excluding steroid dienone is 4. The number of rotatable bonds is 6. The second-order valence-electron chi connectivity index (χ2n) is 8.02. The van der Waals surface area contributed by atoms with Crippen LogP contribution >= 0.6 is 0 Å². The highest BCUT2D eigenvalue weighted by Crippen LogP contribution is 2.39. The summed E-state index contributed by atoms with van der Waals surface area (Å²) in [6.07, 6.45) is 6.67. The summed E-state index contributed by atoms with van der Waals surface area (Å²) >= 11 is 0. The van der Waals surface area contributed by atoms with Gasteiger partial charge in [0.25, 0.3) is 0 Å². The fourth-order valence-electron chi connectivity index (χ4n) is 3.56. The Morgan fingerprint density at radius 1 is 1.07 bits per heavy atom. The molecule has 1 heterocycles. The van der Waals surface area contributed by atoms with E-state index in [0.29, 0.717) is 28.9 Å². The number of ether oxygens (including phenoxy) is 1. The minimum Gasteiger partial charge on any atom is -0.508 e. The number of carbonyl (C=O) groups excluding carboxylic acids is 1. The molecule has 1 aliphatic heterocycles. The number of fused-ring (bicyclic) bond motifs is 1. The number of hydrogen-bond acceptors (Lipinski definition) is 5. The molecule has 0 fully saturated rings. The number of ketones is 1. The second-order valence-corrected chi connectivity index (χ2v) is 8.02. The van der Waals surface area contributed by atoms with Crippen LogP contribution in [0.15, 0.2) is 53.6 Å². The molecule has 30 heavy (non-hydrogen) atoms. The molecule has 0 unspecified atom stereocenters. The smallest absolute Gasteiger partial charge is 0.177 e. The van der Waals surface area contributed by atoms with E-state index in [2.05, 4.69) is 32.9 Å². The molecule has 0 aromatic heterocycles. The van der Waals surface area contributed by atoms with Crippen LogP contribution in [-0.2, 0) is 6.42 Å². The maximum atomic E-state index is 13.0. The van der Waals surface area contributed by atoms with E-state index in [1.807, 2.05) is 0 Å². The number of benzene rings is 2. The van der Waals surface area contributed by atoms with Crippen LogP contribution in [0, 0.1) is 0 Å². The zero-order chi connectivity index (χ0) is 21.8.